The molecule has 62 valence electrons. The minimum atomic E-state index is 0.127. The molecule has 1 aliphatic heterocycles. The normalized spacial score (nSPS) is 19.8. The summed E-state index contributed by atoms with van der Waals surface area (Å²) in [5.74, 6) is 0.911. The van der Waals surface area contributed by atoms with Crippen molar-refractivity contribution in [1.82, 2.24) is 4.90 Å². The highest BCUT2D eigenvalue weighted by Gasteiger charge is 2.14. The van der Waals surface area contributed by atoms with E-state index in [1.54, 1.807) is 6.08 Å². The second kappa shape index (κ2) is 3.53. The first-order chi connectivity index (χ1) is 5.22. The van der Waals surface area contributed by atoms with Gasteiger partial charge < -0.3 is 4.74 Å². The van der Waals surface area contributed by atoms with Gasteiger partial charge in [-0.05, 0) is 14.0 Å². The fraction of sp³-hybridized carbons (Fsp3) is 0.625. The number of hydrogen-bond donors (Lipinski definition) is 0. The molecule has 0 N–H and O–H groups in total. The maximum Gasteiger partial charge on any atom is 0.173 e. The third-order valence-corrected chi connectivity index (χ3v) is 1.50. The van der Waals surface area contributed by atoms with Crippen molar-refractivity contribution in [3.8, 4) is 0 Å². The first-order valence-electron chi connectivity index (χ1n) is 3.77. The predicted octanol–water partition coefficient (Wildman–Crippen LogP) is 0.421. The van der Waals surface area contributed by atoms with E-state index in [1.807, 2.05) is 18.9 Å². The quantitative estimate of drug-likeness (QED) is 0.579. The fourth-order valence-corrected chi connectivity index (χ4v) is 1.13. The summed E-state index contributed by atoms with van der Waals surface area (Å²) in [6.45, 7) is 3.81. The first kappa shape index (κ1) is 8.27. The number of likely N-dealkylation sites (N-methyl/N-ethyl adjacent to an activating group) is 1. The van der Waals surface area contributed by atoms with E-state index in [4.69, 9.17) is 4.74 Å². The van der Waals surface area contributed by atoms with Gasteiger partial charge in [0.15, 0.2) is 5.78 Å². The van der Waals surface area contributed by atoms with E-state index in [0.717, 1.165) is 12.3 Å². The molecule has 0 bridgehead atoms. The van der Waals surface area contributed by atoms with Crippen LogP contribution in [0.15, 0.2) is 11.8 Å². The van der Waals surface area contributed by atoms with E-state index in [1.165, 1.54) is 0 Å². The number of carbonyl (C=O) groups is 1. The van der Waals surface area contributed by atoms with Crippen molar-refractivity contribution in [3.63, 3.8) is 0 Å². The number of carbonyl (C=O) groups excluding carboxylic acids is 1. The first-order valence-corrected chi connectivity index (χ1v) is 3.77. The smallest absolute Gasteiger partial charge is 0.173 e. The molecule has 0 aliphatic carbocycles. The Hall–Kier alpha value is -0.830. The topological polar surface area (TPSA) is 29.5 Å². The van der Waals surface area contributed by atoms with Crippen LogP contribution >= 0.6 is 0 Å². The Balaban J connectivity index is 2.57. The van der Waals surface area contributed by atoms with Gasteiger partial charge >= 0.3 is 0 Å². The maximum atomic E-state index is 11.0. The van der Waals surface area contributed by atoms with Crippen LogP contribution in [0.1, 0.15) is 6.92 Å². The van der Waals surface area contributed by atoms with Crippen molar-refractivity contribution >= 4 is 5.78 Å². The van der Waals surface area contributed by atoms with Gasteiger partial charge in [-0.2, -0.15) is 0 Å². The third-order valence-electron chi connectivity index (χ3n) is 1.50. The summed E-state index contributed by atoms with van der Waals surface area (Å²) in [5, 5.41) is 0. The second-order valence-electron chi connectivity index (χ2n) is 2.68. The van der Waals surface area contributed by atoms with Gasteiger partial charge in [-0.3, -0.25) is 9.69 Å². The Labute approximate surface area is 66.6 Å². The molecular weight excluding hydrogens is 142 g/mol. The Morgan fingerprint density at radius 1 is 1.64 bits per heavy atom. The van der Waals surface area contributed by atoms with E-state index in [9.17, 15) is 4.79 Å². The zero-order valence-electron chi connectivity index (χ0n) is 6.96. The standard InChI is InChI=1S/C8H13NO2/c1-3-11-8-4-7(10)5-9(2)6-8/h4H,3,5-6H2,1-2H3. The minimum Gasteiger partial charge on any atom is -0.497 e. The van der Waals surface area contributed by atoms with Crippen molar-refractivity contribution in [2.45, 2.75) is 6.92 Å². The van der Waals surface area contributed by atoms with Crippen LogP contribution in [0.4, 0.5) is 0 Å². The molecule has 11 heavy (non-hydrogen) atoms. The molecule has 0 saturated carbocycles. The molecule has 0 fully saturated rings. The monoisotopic (exact) mass is 155 g/mol. The van der Waals surface area contributed by atoms with E-state index in [2.05, 4.69) is 0 Å². The summed E-state index contributed by atoms with van der Waals surface area (Å²) in [5.41, 5.74) is 0. The van der Waals surface area contributed by atoms with E-state index in [-0.39, 0.29) is 5.78 Å². The van der Waals surface area contributed by atoms with Gasteiger partial charge in [0.1, 0.15) is 5.76 Å². The molecule has 0 unspecified atom stereocenters. The lowest BCUT2D eigenvalue weighted by molar-refractivity contribution is -0.116. The molecule has 0 atom stereocenters. The van der Waals surface area contributed by atoms with Crippen molar-refractivity contribution < 1.29 is 9.53 Å². The van der Waals surface area contributed by atoms with Crippen molar-refractivity contribution in [1.29, 1.82) is 0 Å². The van der Waals surface area contributed by atoms with E-state index < -0.39 is 0 Å². The Morgan fingerprint density at radius 3 is 2.91 bits per heavy atom. The number of nitrogens with zero attached hydrogens (tertiary/aromatic N) is 1. The van der Waals surface area contributed by atoms with Gasteiger partial charge in [0.2, 0.25) is 0 Å². The van der Waals surface area contributed by atoms with Crippen molar-refractivity contribution in [2.75, 3.05) is 26.7 Å². The lowest BCUT2D eigenvalue weighted by Gasteiger charge is -2.21. The summed E-state index contributed by atoms with van der Waals surface area (Å²) < 4.78 is 5.22. The minimum absolute atomic E-state index is 0.127. The molecule has 0 saturated heterocycles. The molecule has 3 heteroatoms. The van der Waals surface area contributed by atoms with Crippen molar-refractivity contribution in [3.05, 3.63) is 11.8 Å². The highest BCUT2D eigenvalue weighted by Crippen LogP contribution is 2.05. The zero-order chi connectivity index (χ0) is 8.27. The van der Waals surface area contributed by atoms with Crippen molar-refractivity contribution in [2.24, 2.45) is 0 Å². The van der Waals surface area contributed by atoms with Gasteiger partial charge in [-0.15, -0.1) is 0 Å². The van der Waals surface area contributed by atoms with Crippen LogP contribution in [-0.2, 0) is 9.53 Å². The molecule has 1 rings (SSSR count). The van der Waals surface area contributed by atoms with Crippen LogP contribution in [-0.4, -0.2) is 37.4 Å². The van der Waals surface area contributed by atoms with Crippen LogP contribution in [0.25, 0.3) is 0 Å². The molecule has 1 aliphatic rings. The third kappa shape index (κ3) is 2.35. The molecule has 0 amide bonds. The summed E-state index contributed by atoms with van der Waals surface area (Å²) in [6.07, 6.45) is 1.59. The summed E-state index contributed by atoms with van der Waals surface area (Å²) in [4.78, 5) is 12.9. The summed E-state index contributed by atoms with van der Waals surface area (Å²) >= 11 is 0. The molecule has 0 spiro atoms. The predicted molar refractivity (Wildman–Crippen MR) is 42.2 cm³/mol. The fourth-order valence-electron chi connectivity index (χ4n) is 1.13. The van der Waals surface area contributed by atoms with Gasteiger partial charge in [0, 0.05) is 6.08 Å². The molecule has 0 aromatic rings. The van der Waals surface area contributed by atoms with Gasteiger partial charge in [-0.25, -0.2) is 0 Å². The lowest BCUT2D eigenvalue weighted by Crippen LogP contribution is -2.32. The Kier molecular flexibility index (Phi) is 2.65. The second-order valence-corrected chi connectivity index (χ2v) is 2.68. The highest BCUT2D eigenvalue weighted by atomic mass is 16.5. The Morgan fingerprint density at radius 2 is 2.36 bits per heavy atom. The summed E-state index contributed by atoms with van der Waals surface area (Å²) in [7, 11) is 1.91. The average molecular weight is 155 g/mol. The van der Waals surface area contributed by atoms with Crippen LogP contribution in [0.2, 0.25) is 0 Å². The molecule has 1 heterocycles. The van der Waals surface area contributed by atoms with Crippen LogP contribution in [0.3, 0.4) is 0 Å². The highest BCUT2D eigenvalue weighted by molar-refractivity contribution is 5.92. The number of rotatable bonds is 2. The number of hydrogen-bond acceptors (Lipinski definition) is 3. The molecule has 0 aromatic carbocycles. The molecule has 3 nitrogen and oxygen atoms in total. The Bertz CT molecular complexity index is 187. The maximum absolute atomic E-state index is 11.0. The van der Waals surface area contributed by atoms with Crippen LogP contribution < -0.4 is 0 Å². The molecular formula is C8H13NO2. The van der Waals surface area contributed by atoms with E-state index in [0.29, 0.717) is 13.2 Å². The molecule has 0 radical (unpaired) electrons. The average Bonchev–Trinajstić information content (AvgIpc) is 1.85. The largest absolute Gasteiger partial charge is 0.497 e. The van der Waals surface area contributed by atoms with Gasteiger partial charge in [0.25, 0.3) is 0 Å². The summed E-state index contributed by atoms with van der Waals surface area (Å²) in [6, 6.07) is 0. The van der Waals surface area contributed by atoms with Gasteiger partial charge in [-0.1, -0.05) is 0 Å². The number of ether oxygens (including phenoxy) is 1. The lowest BCUT2D eigenvalue weighted by atomic mass is 10.2. The van der Waals surface area contributed by atoms with E-state index >= 15 is 0 Å². The van der Waals surface area contributed by atoms with Crippen LogP contribution in [0.5, 0.6) is 0 Å². The molecule has 0 aromatic heterocycles. The number of ketones is 1. The SMILES string of the molecule is CCOC1=CC(=O)CN(C)C1. The van der Waals surface area contributed by atoms with Gasteiger partial charge in [0.05, 0.1) is 19.7 Å². The zero-order valence-corrected chi connectivity index (χ0v) is 6.96. The van der Waals surface area contributed by atoms with Crippen LogP contribution in [0, 0.1) is 0 Å².